The Morgan fingerprint density at radius 3 is 2.95 bits per heavy atom. The minimum atomic E-state index is 0.0341. The Labute approximate surface area is 120 Å². The summed E-state index contributed by atoms with van der Waals surface area (Å²) < 4.78 is 0. The van der Waals surface area contributed by atoms with E-state index in [0.29, 0.717) is 11.9 Å². The molecule has 3 atom stereocenters. The molecule has 2 heterocycles. The summed E-state index contributed by atoms with van der Waals surface area (Å²) in [5, 5.41) is 3.38. The fourth-order valence-corrected chi connectivity index (χ4v) is 4.38. The first-order valence-electron chi connectivity index (χ1n) is 7.98. The number of hydrogen-bond donors (Lipinski definition) is 1. The number of carbonyl (C=O) groups excluding carboxylic acids is 1. The van der Waals surface area contributed by atoms with Gasteiger partial charge in [-0.2, -0.15) is 0 Å². The van der Waals surface area contributed by atoms with Crippen molar-refractivity contribution in [2.75, 3.05) is 18.4 Å². The summed E-state index contributed by atoms with van der Waals surface area (Å²) in [6.45, 7) is 1.75. The SMILES string of the molecule is O=C(C1CNc2ccccc21)N1CCC2CCCCC21. The summed E-state index contributed by atoms with van der Waals surface area (Å²) in [7, 11) is 0. The minimum absolute atomic E-state index is 0.0341. The molecule has 0 aromatic heterocycles. The summed E-state index contributed by atoms with van der Waals surface area (Å²) >= 11 is 0. The second kappa shape index (κ2) is 4.80. The predicted octanol–water partition coefficient (Wildman–Crippen LogP) is 2.99. The maximum absolute atomic E-state index is 13.0. The van der Waals surface area contributed by atoms with Gasteiger partial charge in [0.15, 0.2) is 0 Å². The van der Waals surface area contributed by atoms with Crippen LogP contribution < -0.4 is 5.32 Å². The Morgan fingerprint density at radius 2 is 2.00 bits per heavy atom. The van der Waals surface area contributed by atoms with E-state index in [2.05, 4.69) is 22.3 Å². The molecule has 1 aromatic carbocycles. The molecule has 1 amide bonds. The van der Waals surface area contributed by atoms with Crippen LogP contribution in [-0.2, 0) is 4.79 Å². The molecule has 0 bridgehead atoms. The average Bonchev–Trinajstić information content (AvgIpc) is 3.11. The third-order valence-corrected chi connectivity index (χ3v) is 5.42. The lowest BCUT2D eigenvalue weighted by molar-refractivity contribution is -0.134. The second-order valence-corrected chi connectivity index (χ2v) is 6.45. The van der Waals surface area contributed by atoms with Crippen LogP contribution in [0.25, 0.3) is 0 Å². The van der Waals surface area contributed by atoms with Crippen LogP contribution in [0.4, 0.5) is 5.69 Å². The van der Waals surface area contributed by atoms with Crippen LogP contribution in [0.1, 0.15) is 43.6 Å². The summed E-state index contributed by atoms with van der Waals surface area (Å²) in [5.41, 5.74) is 2.34. The van der Waals surface area contributed by atoms with Gasteiger partial charge in [-0.1, -0.05) is 31.0 Å². The summed E-state index contributed by atoms with van der Waals surface area (Å²) in [5.74, 6) is 1.17. The molecule has 1 saturated heterocycles. The predicted molar refractivity (Wildman–Crippen MR) is 79.7 cm³/mol. The Balaban J connectivity index is 1.56. The van der Waals surface area contributed by atoms with E-state index in [9.17, 15) is 4.79 Å². The van der Waals surface area contributed by atoms with Crippen molar-refractivity contribution >= 4 is 11.6 Å². The highest BCUT2D eigenvalue weighted by molar-refractivity contribution is 5.88. The van der Waals surface area contributed by atoms with Gasteiger partial charge < -0.3 is 10.2 Å². The molecule has 3 unspecified atom stereocenters. The van der Waals surface area contributed by atoms with Gasteiger partial charge in [-0.25, -0.2) is 0 Å². The number of hydrogen-bond acceptors (Lipinski definition) is 2. The largest absolute Gasteiger partial charge is 0.384 e. The molecule has 1 aromatic rings. The number of nitrogens with one attached hydrogen (secondary N) is 1. The highest BCUT2D eigenvalue weighted by atomic mass is 16.2. The maximum Gasteiger partial charge on any atom is 0.232 e. The number of fused-ring (bicyclic) bond motifs is 2. The van der Waals surface area contributed by atoms with Crippen LogP contribution in [-0.4, -0.2) is 29.9 Å². The van der Waals surface area contributed by atoms with Crippen LogP contribution in [0.15, 0.2) is 24.3 Å². The van der Waals surface area contributed by atoms with Crippen LogP contribution in [0.3, 0.4) is 0 Å². The van der Waals surface area contributed by atoms with E-state index in [0.717, 1.165) is 24.7 Å². The number of carbonyl (C=O) groups is 1. The monoisotopic (exact) mass is 270 g/mol. The summed E-state index contributed by atoms with van der Waals surface area (Å²) in [6.07, 6.45) is 6.42. The molecule has 3 aliphatic rings. The zero-order valence-electron chi connectivity index (χ0n) is 11.8. The molecule has 3 heteroatoms. The molecule has 2 fully saturated rings. The van der Waals surface area contributed by atoms with Crippen molar-refractivity contribution in [1.82, 2.24) is 4.90 Å². The molecule has 1 aliphatic carbocycles. The van der Waals surface area contributed by atoms with Crippen LogP contribution in [0.2, 0.25) is 0 Å². The summed E-state index contributed by atoms with van der Waals surface area (Å²) in [4.78, 5) is 15.2. The number of likely N-dealkylation sites (tertiary alicyclic amines) is 1. The standard InChI is InChI=1S/C17H22N2O/c20-17(14-11-18-15-7-3-2-6-13(14)15)19-10-9-12-5-1-4-8-16(12)19/h2-3,6-7,12,14,16,18H,1,4-5,8-11H2. The van der Waals surface area contributed by atoms with E-state index in [1.807, 2.05) is 12.1 Å². The van der Waals surface area contributed by atoms with Crippen molar-refractivity contribution in [2.45, 2.75) is 44.1 Å². The van der Waals surface area contributed by atoms with Crippen molar-refractivity contribution in [3.05, 3.63) is 29.8 Å². The first-order chi connectivity index (χ1) is 9.84. The van der Waals surface area contributed by atoms with Crippen molar-refractivity contribution < 1.29 is 4.79 Å². The molecule has 1 N–H and O–H groups in total. The number of nitrogens with zero attached hydrogens (tertiary/aromatic N) is 1. The first-order valence-corrected chi connectivity index (χ1v) is 7.98. The minimum Gasteiger partial charge on any atom is -0.384 e. The van der Waals surface area contributed by atoms with Gasteiger partial charge in [0, 0.05) is 24.8 Å². The van der Waals surface area contributed by atoms with E-state index in [1.165, 1.54) is 37.7 Å². The first kappa shape index (κ1) is 12.2. The van der Waals surface area contributed by atoms with Gasteiger partial charge in [0.25, 0.3) is 0 Å². The van der Waals surface area contributed by atoms with Crippen LogP contribution in [0, 0.1) is 5.92 Å². The highest BCUT2D eigenvalue weighted by Gasteiger charge is 2.41. The topological polar surface area (TPSA) is 32.3 Å². The van der Waals surface area contributed by atoms with Gasteiger partial charge in [-0.05, 0) is 36.8 Å². The molecule has 0 spiro atoms. The van der Waals surface area contributed by atoms with Gasteiger partial charge in [-0.3, -0.25) is 4.79 Å². The lowest BCUT2D eigenvalue weighted by Gasteiger charge is -2.33. The zero-order valence-corrected chi connectivity index (χ0v) is 11.8. The third kappa shape index (κ3) is 1.83. The normalized spacial score (nSPS) is 31.6. The van der Waals surface area contributed by atoms with E-state index in [1.54, 1.807) is 0 Å². The van der Waals surface area contributed by atoms with Crippen molar-refractivity contribution in [1.29, 1.82) is 0 Å². The Hall–Kier alpha value is -1.51. The maximum atomic E-state index is 13.0. The van der Waals surface area contributed by atoms with E-state index >= 15 is 0 Å². The molecule has 0 radical (unpaired) electrons. The van der Waals surface area contributed by atoms with E-state index in [4.69, 9.17) is 0 Å². The zero-order chi connectivity index (χ0) is 13.5. The quantitative estimate of drug-likeness (QED) is 0.851. The lowest BCUT2D eigenvalue weighted by Crippen LogP contribution is -2.42. The van der Waals surface area contributed by atoms with E-state index < -0.39 is 0 Å². The Kier molecular flexibility index (Phi) is 2.94. The smallest absolute Gasteiger partial charge is 0.232 e. The molecule has 2 aliphatic heterocycles. The van der Waals surface area contributed by atoms with Crippen LogP contribution in [0.5, 0.6) is 0 Å². The molecule has 106 valence electrons. The van der Waals surface area contributed by atoms with Gasteiger partial charge in [0.1, 0.15) is 0 Å². The molecular formula is C17H22N2O. The third-order valence-electron chi connectivity index (χ3n) is 5.42. The number of benzene rings is 1. The van der Waals surface area contributed by atoms with E-state index in [-0.39, 0.29) is 5.92 Å². The molecule has 4 rings (SSSR count). The molecule has 1 saturated carbocycles. The molecule has 20 heavy (non-hydrogen) atoms. The highest BCUT2D eigenvalue weighted by Crippen LogP contribution is 2.39. The van der Waals surface area contributed by atoms with Crippen LogP contribution >= 0.6 is 0 Å². The number of anilines is 1. The number of rotatable bonds is 1. The number of amides is 1. The van der Waals surface area contributed by atoms with Crippen molar-refractivity contribution in [3.8, 4) is 0 Å². The second-order valence-electron chi connectivity index (χ2n) is 6.45. The average molecular weight is 270 g/mol. The fraction of sp³-hybridized carbons (Fsp3) is 0.588. The van der Waals surface area contributed by atoms with Crippen molar-refractivity contribution in [2.24, 2.45) is 5.92 Å². The molecular weight excluding hydrogens is 248 g/mol. The number of para-hydroxylation sites is 1. The fourth-order valence-electron chi connectivity index (χ4n) is 4.38. The Bertz CT molecular complexity index is 527. The van der Waals surface area contributed by atoms with Gasteiger partial charge in [-0.15, -0.1) is 0 Å². The summed E-state index contributed by atoms with van der Waals surface area (Å²) in [6, 6.07) is 8.79. The van der Waals surface area contributed by atoms with Gasteiger partial charge in [0.2, 0.25) is 5.91 Å². The Morgan fingerprint density at radius 1 is 1.15 bits per heavy atom. The van der Waals surface area contributed by atoms with Gasteiger partial charge in [0.05, 0.1) is 5.92 Å². The van der Waals surface area contributed by atoms with Gasteiger partial charge >= 0.3 is 0 Å². The molecule has 3 nitrogen and oxygen atoms in total. The van der Waals surface area contributed by atoms with Crippen molar-refractivity contribution in [3.63, 3.8) is 0 Å². The lowest BCUT2D eigenvalue weighted by atomic mass is 9.85.